The fraction of sp³-hybridized carbons (Fsp3) is 0.950. The number of hydrogen-bond donors (Lipinski definition) is 1. The highest BCUT2D eigenvalue weighted by atomic mass is 32.7. The first-order chi connectivity index (χ1) is 13.6. The van der Waals surface area contributed by atoms with E-state index in [0.29, 0.717) is 16.8 Å². The third-order valence-corrected chi connectivity index (χ3v) is 7.38. The molecule has 0 heterocycles. The van der Waals surface area contributed by atoms with E-state index in [-0.39, 0.29) is 13.0 Å². The van der Waals surface area contributed by atoms with Gasteiger partial charge in [-0.15, -0.1) is 0 Å². The number of esters is 1. The van der Waals surface area contributed by atoms with Gasteiger partial charge in [0, 0.05) is 6.42 Å². The molecule has 174 valence electrons. The van der Waals surface area contributed by atoms with Crippen LogP contribution in [-0.4, -0.2) is 68.3 Å². The summed E-state index contributed by atoms with van der Waals surface area (Å²) in [5.74, 6) is -0.0130. The minimum absolute atomic E-state index is 0.277. The number of unbranched alkanes of at least 4 members (excludes halogenated alkanes) is 8. The zero-order valence-corrected chi connectivity index (χ0v) is 20.5. The fourth-order valence-corrected chi connectivity index (χ4v) is 5.19. The van der Waals surface area contributed by atoms with Crippen LogP contribution in [0, 0.1) is 0 Å². The molecule has 7 nitrogen and oxygen atoms in total. The molecule has 9 heteroatoms. The minimum atomic E-state index is -4.08. The molecule has 0 aliphatic heterocycles. The van der Waals surface area contributed by atoms with E-state index < -0.39 is 25.5 Å². The van der Waals surface area contributed by atoms with E-state index in [0.717, 1.165) is 30.6 Å². The SMILES string of the molecule is CCCCCCCCCCCC(=O)O[C@H](CO)COP(=O)([O-])SCC[N+](C)(C)C. The number of nitrogens with zero attached hydrogens (tertiary/aromatic N) is 1. The number of carbonyl (C=O) groups excluding carboxylic acids is 1. The maximum atomic E-state index is 11.9. The first-order valence-corrected chi connectivity index (χ1v) is 13.9. The summed E-state index contributed by atoms with van der Waals surface area (Å²) in [4.78, 5) is 23.8. The van der Waals surface area contributed by atoms with E-state index in [2.05, 4.69) is 6.92 Å². The Hall–Kier alpha value is -0.110. The highest BCUT2D eigenvalue weighted by Crippen LogP contribution is 2.51. The van der Waals surface area contributed by atoms with Gasteiger partial charge in [0.2, 0.25) is 0 Å². The summed E-state index contributed by atoms with van der Waals surface area (Å²) in [7, 11) is 5.93. The first-order valence-electron chi connectivity index (χ1n) is 10.8. The second-order valence-electron chi connectivity index (χ2n) is 8.46. The molecule has 1 N–H and O–H groups in total. The Morgan fingerprint density at radius 2 is 1.62 bits per heavy atom. The van der Waals surface area contributed by atoms with Crippen molar-refractivity contribution in [2.75, 3.05) is 46.7 Å². The van der Waals surface area contributed by atoms with Crippen LogP contribution in [0.1, 0.15) is 71.1 Å². The molecule has 0 spiro atoms. The average Bonchev–Trinajstić information content (AvgIpc) is 2.62. The van der Waals surface area contributed by atoms with Crippen LogP contribution in [0.3, 0.4) is 0 Å². The maximum absolute atomic E-state index is 11.9. The number of aliphatic hydroxyl groups excluding tert-OH is 1. The standard InChI is InChI=1S/C20H42NO6PS/c1-5-6-7-8-9-10-11-12-13-14-20(23)27-19(17-22)18-26-28(24,25)29-16-15-21(2,3)4/h19,22H,5-18H2,1-4H3/t19-/m1/s1. The Morgan fingerprint density at radius 3 is 2.14 bits per heavy atom. The lowest BCUT2D eigenvalue weighted by molar-refractivity contribution is -0.867. The molecule has 1 unspecified atom stereocenters. The van der Waals surface area contributed by atoms with Crippen LogP contribution in [0.4, 0.5) is 0 Å². The van der Waals surface area contributed by atoms with E-state index in [9.17, 15) is 19.4 Å². The Labute approximate surface area is 181 Å². The fourth-order valence-electron chi connectivity index (χ4n) is 2.59. The Balaban J connectivity index is 3.89. The van der Waals surface area contributed by atoms with E-state index in [1.165, 1.54) is 38.5 Å². The number of ether oxygens (including phenoxy) is 1. The van der Waals surface area contributed by atoms with Crippen molar-refractivity contribution in [1.29, 1.82) is 0 Å². The molecule has 0 fully saturated rings. The molecule has 29 heavy (non-hydrogen) atoms. The molecule has 0 radical (unpaired) electrons. The zero-order valence-electron chi connectivity index (χ0n) is 18.8. The van der Waals surface area contributed by atoms with Crippen molar-refractivity contribution in [3.8, 4) is 0 Å². The first kappa shape index (κ1) is 28.9. The second kappa shape index (κ2) is 16.6. The lowest BCUT2D eigenvalue weighted by atomic mass is 10.1. The predicted molar refractivity (Wildman–Crippen MR) is 118 cm³/mol. The number of rotatable bonds is 19. The molecule has 0 aromatic carbocycles. The summed E-state index contributed by atoms with van der Waals surface area (Å²) < 4.78 is 22.6. The molecular formula is C20H42NO6PS. The highest BCUT2D eigenvalue weighted by molar-refractivity contribution is 8.54. The van der Waals surface area contributed by atoms with Crippen molar-refractivity contribution in [2.45, 2.75) is 77.2 Å². The van der Waals surface area contributed by atoms with Crippen LogP contribution in [0.15, 0.2) is 0 Å². The van der Waals surface area contributed by atoms with Gasteiger partial charge in [0.1, 0.15) is 6.10 Å². The Bertz CT molecular complexity index is 472. The van der Waals surface area contributed by atoms with Gasteiger partial charge in [-0.25, -0.2) is 0 Å². The van der Waals surface area contributed by atoms with Crippen LogP contribution in [0.5, 0.6) is 0 Å². The second-order valence-corrected chi connectivity index (χ2v) is 12.4. The third-order valence-electron chi connectivity index (χ3n) is 4.42. The van der Waals surface area contributed by atoms with Crippen molar-refractivity contribution >= 4 is 24.1 Å². The molecule has 0 aromatic rings. The number of aliphatic hydroxyl groups is 1. The minimum Gasteiger partial charge on any atom is -0.770 e. The summed E-state index contributed by atoms with van der Waals surface area (Å²) in [5.41, 5.74) is 0. The number of hydrogen-bond acceptors (Lipinski definition) is 7. The third kappa shape index (κ3) is 19.6. The summed E-state index contributed by atoms with van der Waals surface area (Å²) >= 11 is 0.744. The summed E-state index contributed by atoms with van der Waals surface area (Å²) in [6.45, 7) is -2.01. The van der Waals surface area contributed by atoms with Crippen molar-refractivity contribution in [1.82, 2.24) is 0 Å². The van der Waals surface area contributed by atoms with Gasteiger partial charge in [-0.1, -0.05) is 69.7 Å². The monoisotopic (exact) mass is 455 g/mol. The summed E-state index contributed by atoms with van der Waals surface area (Å²) in [6.07, 6.45) is 9.73. The normalized spacial score (nSPS) is 15.1. The molecular weight excluding hydrogens is 413 g/mol. The highest BCUT2D eigenvalue weighted by Gasteiger charge is 2.19. The van der Waals surface area contributed by atoms with Gasteiger partial charge in [0.25, 0.3) is 0 Å². The predicted octanol–water partition coefficient (Wildman–Crippen LogP) is 3.74. The molecule has 0 saturated carbocycles. The van der Waals surface area contributed by atoms with Gasteiger partial charge < -0.3 is 23.7 Å². The van der Waals surface area contributed by atoms with Crippen LogP contribution < -0.4 is 4.89 Å². The van der Waals surface area contributed by atoms with Crippen molar-refractivity contribution in [2.24, 2.45) is 0 Å². The van der Waals surface area contributed by atoms with Crippen LogP contribution in [-0.2, 0) is 18.6 Å². The molecule has 0 aliphatic carbocycles. The van der Waals surface area contributed by atoms with Gasteiger partial charge >= 0.3 is 5.97 Å². The Morgan fingerprint density at radius 1 is 1.07 bits per heavy atom. The number of quaternary nitrogens is 1. The average molecular weight is 456 g/mol. The van der Waals surface area contributed by atoms with Crippen LogP contribution in [0.2, 0.25) is 0 Å². The Kier molecular flexibility index (Phi) is 16.5. The van der Waals surface area contributed by atoms with E-state index in [1.807, 2.05) is 21.1 Å². The smallest absolute Gasteiger partial charge is 0.306 e. The molecule has 0 amide bonds. The van der Waals surface area contributed by atoms with Crippen molar-refractivity contribution in [3.05, 3.63) is 0 Å². The van der Waals surface area contributed by atoms with Crippen LogP contribution >= 0.6 is 18.2 Å². The van der Waals surface area contributed by atoms with E-state index in [4.69, 9.17) is 9.26 Å². The molecule has 0 aliphatic rings. The molecule has 0 bridgehead atoms. The summed E-state index contributed by atoms with van der Waals surface area (Å²) in [6, 6.07) is 0. The zero-order chi connectivity index (χ0) is 22.2. The van der Waals surface area contributed by atoms with E-state index >= 15 is 0 Å². The summed E-state index contributed by atoms with van der Waals surface area (Å²) in [5, 5.41) is 9.33. The molecule has 0 rings (SSSR count). The van der Waals surface area contributed by atoms with Gasteiger partial charge in [-0.3, -0.25) is 9.36 Å². The van der Waals surface area contributed by atoms with Crippen LogP contribution in [0.25, 0.3) is 0 Å². The quantitative estimate of drug-likeness (QED) is 0.137. The maximum Gasteiger partial charge on any atom is 0.306 e. The van der Waals surface area contributed by atoms with Gasteiger partial charge in [-0.05, 0) is 6.42 Å². The lowest BCUT2D eigenvalue weighted by Crippen LogP contribution is -2.36. The molecule has 0 aromatic heterocycles. The van der Waals surface area contributed by atoms with Gasteiger partial charge in [-0.2, -0.15) is 0 Å². The molecule has 0 saturated heterocycles. The van der Waals surface area contributed by atoms with Crippen molar-refractivity contribution < 1.29 is 33.1 Å². The lowest BCUT2D eigenvalue weighted by Gasteiger charge is -2.27. The van der Waals surface area contributed by atoms with Crippen molar-refractivity contribution in [3.63, 3.8) is 0 Å². The molecule has 2 atom stereocenters. The van der Waals surface area contributed by atoms with E-state index in [1.54, 1.807) is 0 Å². The van der Waals surface area contributed by atoms with Gasteiger partial charge in [0.05, 0.1) is 46.7 Å². The largest absolute Gasteiger partial charge is 0.770 e. The van der Waals surface area contributed by atoms with Gasteiger partial charge in [0.15, 0.2) is 6.80 Å². The number of carbonyl (C=O) groups is 1. The topological polar surface area (TPSA) is 95.9 Å².